The molecule has 3 saturated heterocycles. The summed E-state index contributed by atoms with van der Waals surface area (Å²) in [6.07, 6.45) is -23.7. The van der Waals surface area contributed by atoms with Gasteiger partial charge in [0, 0.05) is 17.7 Å². The van der Waals surface area contributed by atoms with E-state index in [0.29, 0.717) is 5.56 Å². The van der Waals surface area contributed by atoms with Crippen LogP contribution in [-0.4, -0.2) is 167 Å². The molecule has 0 amide bonds. The third kappa shape index (κ3) is 7.52. The van der Waals surface area contributed by atoms with E-state index in [1.54, 1.807) is 0 Å². The summed E-state index contributed by atoms with van der Waals surface area (Å²) < 4.78 is 40.3. The van der Waals surface area contributed by atoms with E-state index in [2.05, 4.69) is 0 Å². The third-order valence-corrected chi connectivity index (χ3v) is 9.32. The molecule has 6 rings (SSSR count). The number of aliphatic hydroxyl groups excluding tert-OH is 10. The Kier molecular flexibility index (Phi) is 11.5. The smallest absolute Gasteiger partial charge is 0.229 e. The van der Waals surface area contributed by atoms with Crippen LogP contribution in [0.2, 0.25) is 0 Å². The maximum Gasteiger partial charge on any atom is 0.229 e. The molecule has 4 heterocycles. The van der Waals surface area contributed by atoms with Crippen LogP contribution < -0.4 is 9.47 Å². The van der Waals surface area contributed by atoms with Gasteiger partial charge in [-0.05, 0) is 25.1 Å². The van der Waals surface area contributed by atoms with Crippen LogP contribution in [-0.2, 0) is 23.7 Å². The fourth-order valence-electron chi connectivity index (χ4n) is 6.22. The molecular weight excluding hydrogens is 700 g/mol. The number of phenolic OH excluding ortho intramolecular Hbond substituents is 2. The van der Waals surface area contributed by atoms with Gasteiger partial charge < -0.3 is 94.4 Å². The van der Waals surface area contributed by atoms with Gasteiger partial charge in [0.1, 0.15) is 95.9 Å². The summed E-state index contributed by atoms with van der Waals surface area (Å²) in [4.78, 5) is 0. The van der Waals surface area contributed by atoms with Crippen molar-refractivity contribution < 1.29 is 94.4 Å². The predicted octanol–water partition coefficient (Wildman–Crippen LogP) is -3.58. The molecule has 0 spiro atoms. The number of aromatic hydroxyl groups is 2. The largest absolute Gasteiger partial charge is 0.508 e. The quantitative estimate of drug-likeness (QED) is 0.118. The highest BCUT2D eigenvalue weighted by molar-refractivity contribution is 5.70. The molecule has 52 heavy (non-hydrogen) atoms. The molecule has 2 aromatic carbocycles. The molecule has 12 N–H and O–H groups in total. The van der Waals surface area contributed by atoms with Crippen LogP contribution in [0.4, 0.5) is 0 Å². The first-order chi connectivity index (χ1) is 24.7. The summed E-state index contributed by atoms with van der Waals surface area (Å²) in [6.45, 7) is 0.154. The van der Waals surface area contributed by atoms with E-state index in [1.807, 2.05) is 0 Å². The Morgan fingerprint density at radius 3 is 1.85 bits per heavy atom. The van der Waals surface area contributed by atoms with Gasteiger partial charge in [0.25, 0.3) is 0 Å². The van der Waals surface area contributed by atoms with Gasteiger partial charge in [0.15, 0.2) is 12.4 Å². The lowest BCUT2D eigenvalue weighted by Gasteiger charge is -2.43. The van der Waals surface area contributed by atoms with Crippen molar-refractivity contribution in [3.8, 4) is 23.0 Å². The molecule has 2 aromatic rings. The van der Waals surface area contributed by atoms with Crippen molar-refractivity contribution in [1.82, 2.24) is 0 Å². The van der Waals surface area contributed by atoms with E-state index in [9.17, 15) is 61.3 Å². The lowest BCUT2D eigenvalue weighted by molar-refractivity contribution is -0.324. The van der Waals surface area contributed by atoms with Crippen LogP contribution in [0.5, 0.6) is 23.0 Å². The monoisotopic (exact) mass is 742 g/mol. The van der Waals surface area contributed by atoms with Crippen molar-refractivity contribution in [1.29, 1.82) is 0 Å². The summed E-state index contributed by atoms with van der Waals surface area (Å²) in [5.74, 6) is -0.732. The molecule has 3 fully saturated rings. The number of hydrogen-bond acceptors (Lipinski definition) is 19. The van der Waals surface area contributed by atoms with E-state index in [4.69, 9.17) is 33.2 Å². The zero-order valence-corrected chi connectivity index (χ0v) is 27.4. The molecular formula is C33H42O19. The Labute approximate surface area is 295 Å². The molecule has 16 atom stereocenters. The number of ether oxygens (including phenoxy) is 7. The minimum absolute atomic E-state index is 0.00411. The van der Waals surface area contributed by atoms with Gasteiger partial charge in [0.05, 0.1) is 24.9 Å². The van der Waals surface area contributed by atoms with E-state index in [-0.39, 0.29) is 34.3 Å². The molecule has 1 unspecified atom stereocenters. The topological polar surface area (TPSA) is 307 Å². The lowest BCUT2D eigenvalue weighted by atomic mass is 9.98. The number of phenols is 2. The Morgan fingerprint density at radius 1 is 0.615 bits per heavy atom. The summed E-state index contributed by atoms with van der Waals surface area (Å²) in [7, 11) is 0. The zero-order valence-electron chi connectivity index (χ0n) is 27.4. The second kappa shape index (κ2) is 15.5. The minimum Gasteiger partial charge on any atom is -0.508 e. The summed E-state index contributed by atoms with van der Waals surface area (Å²) in [5.41, 5.74) is 0.461. The summed E-state index contributed by atoms with van der Waals surface area (Å²) in [5, 5.41) is 124. The summed E-state index contributed by atoms with van der Waals surface area (Å²) in [6, 6.07) is 8.06. The van der Waals surface area contributed by atoms with Crippen molar-refractivity contribution >= 4 is 6.08 Å². The maximum atomic E-state index is 10.9. The SMILES string of the molecule is C[C@H]1O[C@@H](OC[C@@H]2O[C@@H](OC3=Cc4c(cc(O)cc4O[C@@H]4O[C@H](CO)[C@@H](O)[C@H](O)[C@H]4O)OC3c3ccc(O)cc3)[C@@H](O)[C@H](O)[C@H]2O)[C@H](O)[C@@H](O)[C@H]1O. The predicted molar refractivity (Wildman–Crippen MR) is 168 cm³/mol. The minimum atomic E-state index is -1.87. The van der Waals surface area contributed by atoms with Crippen LogP contribution in [0.3, 0.4) is 0 Å². The molecule has 288 valence electrons. The number of benzene rings is 2. The molecule has 19 heteroatoms. The van der Waals surface area contributed by atoms with Crippen molar-refractivity contribution in [2.45, 2.75) is 105 Å². The Morgan fingerprint density at radius 2 is 1.19 bits per heavy atom. The standard InChI is InChI=1S/C33H42O19/c1-11-21(37)24(40)27(43)31(47-11)46-10-20-23(39)26(42)29(45)33(52-20)50-18-8-15-16(48-30(18)12-2-4-13(35)5-3-12)6-14(36)7-17(15)49-32-28(44)25(41)22(38)19(9-34)51-32/h2-8,11,19-45H,9-10H2,1H3/t11-,19-,20+,21+,22-,23+,24+,25+,26-,27-,28-,29+,30?,31-,32-,33-/m1/s1. The van der Waals surface area contributed by atoms with E-state index in [0.717, 1.165) is 6.07 Å². The van der Waals surface area contributed by atoms with Gasteiger partial charge in [-0.25, -0.2) is 0 Å². The fraction of sp³-hybridized carbons (Fsp3) is 0.576. The first-order valence-electron chi connectivity index (χ1n) is 16.4. The fourth-order valence-corrected chi connectivity index (χ4v) is 6.22. The average molecular weight is 743 g/mol. The highest BCUT2D eigenvalue weighted by Gasteiger charge is 2.49. The molecule has 4 aliphatic heterocycles. The molecule has 4 aliphatic rings. The van der Waals surface area contributed by atoms with E-state index < -0.39 is 111 Å². The number of hydrogen-bond donors (Lipinski definition) is 12. The van der Waals surface area contributed by atoms with Gasteiger partial charge in [-0.15, -0.1) is 0 Å². The number of aliphatic hydroxyl groups is 10. The first kappa shape index (κ1) is 38.3. The first-order valence-corrected chi connectivity index (χ1v) is 16.4. The van der Waals surface area contributed by atoms with E-state index in [1.165, 1.54) is 43.3 Å². The van der Waals surface area contributed by atoms with Crippen LogP contribution in [0.15, 0.2) is 42.2 Å². The van der Waals surface area contributed by atoms with Gasteiger partial charge in [0.2, 0.25) is 12.6 Å². The molecule has 0 aromatic heterocycles. The average Bonchev–Trinajstić information content (AvgIpc) is 3.12. The summed E-state index contributed by atoms with van der Waals surface area (Å²) >= 11 is 0. The zero-order chi connectivity index (χ0) is 37.6. The van der Waals surface area contributed by atoms with Crippen molar-refractivity contribution in [3.05, 3.63) is 53.3 Å². The van der Waals surface area contributed by atoms with Crippen molar-refractivity contribution in [2.75, 3.05) is 13.2 Å². The molecule has 0 aliphatic carbocycles. The highest BCUT2D eigenvalue weighted by atomic mass is 16.7. The third-order valence-electron chi connectivity index (χ3n) is 9.32. The van der Waals surface area contributed by atoms with Crippen LogP contribution in [0.25, 0.3) is 6.08 Å². The van der Waals surface area contributed by atoms with Crippen LogP contribution >= 0.6 is 0 Å². The van der Waals surface area contributed by atoms with Crippen molar-refractivity contribution in [2.24, 2.45) is 0 Å². The van der Waals surface area contributed by atoms with Crippen LogP contribution in [0, 0.1) is 0 Å². The Bertz CT molecular complexity index is 1550. The molecule has 19 nitrogen and oxygen atoms in total. The van der Waals surface area contributed by atoms with Gasteiger partial charge in [-0.3, -0.25) is 0 Å². The Balaban J connectivity index is 1.29. The second-order valence-electron chi connectivity index (χ2n) is 13.0. The maximum absolute atomic E-state index is 10.9. The number of rotatable bonds is 9. The van der Waals surface area contributed by atoms with Gasteiger partial charge >= 0.3 is 0 Å². The molecule has 0 bridgehead atoms. The normalized spacial score (nSPS) is 40.6. The van der Waals surface area contributed by atoms with Gasteiger partial charge in [-0.2, -0.15) is 0 Å². The lowest BCUT2D eigenvalue weighted by Crippen LogP contribution is -2.61. The van der Waals surface area contributed by atoms with Crippen LogP contribution in [0.1, 0.15) is 24.2 Å². The highest BCUT2D eigenvalue weighted by Crippen LogP contribution is 2.46. The Hall–Kier alpha value is -3.38. The second-order valence-corrected chi connectivity index (χ2v) is 13.0. The van der Waals surface area contributed by atoms with E-state index >= 15 is 0 Å². The molecule has 0 saturated carbocycles. The van der Waals surface area contributed by atoms with Gasteiger partial charge in [-0.1, -0.05) is 12.1 Å². The number of fused-ring (bicyclic) bond motifs is 1. The molecule has 0 radical (unpaired) electrons. The van der Waals surface area contributed by atoms with Crippen molar-refractivity contribution in [3.63, 3.8) is 0 Å².